The van der Waals surface area contributed by atoms with Gasteiger partial charge in [0.1, 0.15) is 0 Å². The van der Waals surface area contributed by atoms with Crippen LogP contribution in [0.15, 0.2) is 176 Å². The molecule has 8 aromatic rings. The van der Waals surface area contributed by atoms with Crippen molar-refractivity contribution in [3.05, 3.63) is 220 Å². The van der Waals surface area contributed by atoms with E-state index in [9.17, 15) is 0 Å². The highest BCUT2D eigenvalue weighted by molar-refractivity contribution is 6.00. The van der Waals surface area contributed by atoms with Crippen LogP contribution in [0.2, 0.25) is 0 Å². The Balaban J connectivity index is 1.13. The molecule has 0 aliphatic heterocycles. The Bertz CT molecular complexity index is 3030. The fourth-order valence-corrected chi connectivity index (χ4v) is 12.2. The summed E-state index contributed by atoms with van der Waals surface area (Å²) >= 11 is 0. The molecule has 4 aliphatic rings. The van der Waals surface area contributed by atoms with Crippen LogP contribution in [0.5, 0.6) is 0 Å². The molecule has 0 atom stereocenters. The monoisotopic (exact) mass is 799 g/mol. The molecule has 0 heterocycles. The van der Waals surface area contributed by atoms with E-state index in [-0.39, 0.29) is 10.8 Å². The summed E-state index contributed by atoms with van der Waals surface area (Å²) in [7, 11) is 0. The number of anilines is 3. The summed E-state index contributed by atoms with van der Waals surface area (Å²) in [5, 5.41) is 0. The lowest BCUT2D eigenvalue weighted by Gasteiger charge is -2.43. The number of rotatable bonds is 5. The van der Waals surface area contributed by atoms with Gasteiger partial charge < -0.3 is 4.90 Å². The van der Waals surface area contributed by atoms with Crippen molar-refractivity contribution in [2.24, 2.45) is 0 Å². The highest BCUT2D eigenvalue weighted by Crippen LogP contribution is 2.64. The molecule has 4 aliphatic carbocycles. The van der Waals surface area contributed by atoms with Gasteiger partial charge in [-0.25, -0.2) is 0 Å². The second-order valence-electron chi connectivity index (χ2n) is 19.7. The number of para-hydroxylation sites is 1. The van der Waals surface area contributed by atoms with E-state index in [2.05, 4.69) is 209 Å². The molecular formula is C61H53N. The average molecular weight is 800 g/mol. The zero-order valence-electron chi connectivity index (χ0n) is 36.4. The number of hydrogen-bond donors (Lipinski definition) is 0. The molecule has 1 nitrogen and oxygen atoms in total. The van der Waals surface area contributed by atoms with Crippen molar-refractivity contribution in [2.45, 2.75) is 82.5 Å². The molecule has 0 saturated heterocycles. The van der Waals surface area contributed by atoms with Crippen molar-refractivity contribution in [3.8, 4) is 44.5 Å². The first kappa shape index (κ1) is 37.3. The predicted molar refractivity (Wildman–Crippen MR) is 260 cm³/mol. The third-order valence-corrected chi connectivity index (χ3v) is 15.3. The first-order valence-electron chi connectivity index (χ1n) is 22.9. The van der Waals surface area contributed by atoms with Gasteiger partial charge in [-0.05, 0) is 169 Å². The number of nitrogens with zero attached hydrogens (tertiary/aromatic N) is 1. The molecule has 0 N–H and O–H groups in total. The van der Waals surface area contributed by atoms with E-state index in [1.54, 1.807) is 0 Å². The maximum absolute atomic E-state index is 2.59. The third kappa shape index (κ3) is 5.40. The first-order valence-corrected chi connectivity index (χ1v) is 22.9. The molecule has 0 aromatic heterocycles. The van der Waals surface area contributed by atoms with Crippen molar-refractivity contribution >= 4 is 17.1 Å². The van der Waals surface area contributed by atoms with Crippen LogP contribution < -0.4 is 4.90 Å². The predicted octanol–water partition coefficient (Wildman–Crippen LogP) is 16.1. The van der Waals surface area contributed by atoms with Crippen LogP contribution in [0.3, 0.4) is 0 Å². The minimum absolute atomic E-state index is 0.110. The molecule has 1 spiro atoms. The lowest BCUT2D eigenvalue weighted by atomic mass is 9.61. The number of aryl methyl sites for hydroxylation is 2. The standard InChI is InChI=1S/C61H53N/c1-59(2)35-36-60(3,4)58-46(24-16-28-55(58)59)41-29-31-42(32-30-41)50-38-51-49-23-12-15-27-54(49)61(52-25-13-10-21-47(52)48-22-11-14-26-53(48)61)56(51)39-57(50)62(44-19-6-5-7-20-44)45-34-33-40-17-8-9-18-43(40)37-45/h5-7,10-16,19-34,37-39H,8-9,17-18,35-36H2,1-4H3. The van der Waals surface area contributed by atoms with Crippen LogP contribution in [0.4, 0.5) is 17.1 Å². The fraction of sp³-hybridized carbons (Fsp3) is 0.213. The number of benzene rings is 8. The molecule has 12 rings (SSSR count). The van der Waals surface area contributed by atoms with E-state index < -0.39 is 5.41 Å². The van der Waals surface area contributed by atoms with Gasteiger partial charge in [0.05, 0.1) is 11.1 Å². The molecule has 0 amide bonds. The lowest BCUT2D eigenvalue weighted by Crippen LogP contribution is -2.34. The van der Waals surface area contributed by atoms with Gasteiger partial charge in [0, 0.05) is 16.9 Å². The topological polar surface area (TPSA) is 3.24 Å². The largest absolute Gasteiger partial charge is 0.310 e. The van der Waals surface area contributed by atoms with Crippen molar-refractivity contribution < 1.29 is 0 Å². The Morgan fingerprint density at radius 1 is 0.371 bits per heavy atom. The number of fused-ring (bicyclic) bond motifs is 12. The highest BCUT2D eigenvalue weighted by Gasteiger charge is 2.52. The Labute approximate surface area is 367 Å². The van der Waals surface area contributed by atoms with E-state index in [0.29, 0.717) is 0 Å². The van der Waals surface area contributed by atoms with Crippen LogP contribution in [0, 0.1) is 0 Å². The molecular weight excluding hydrogens is 747 g/mol. The summed E-state index contributed by atoms with van der Waals surface area (Å²) in [5.74, 6) is 0. The Morgan fingerprint density at radius 3 is 1.56 bits per heavy atom. The molecule has 0 unspecified atom stereocenters. The Morgan fingerprint density at radius 2 is 0.903 bits per heavy atom. The van der Waals surface area contributed by atoms with Crippen LogP contribution in [-0.2, 0) is 29.1 Å². The van der Waals surface area contributed by atoms with Crippen LogP contribution >= 0.6 is 0 Å². The molecule has 0 bridgehead atoms. The summed E-state index contributed by atoms with van der Waals surface area (Å²) < 4.78 is 0. The molecule has 8 aromatic carbocycles. The second-order valence-corrected chi connectivity index (χ2v) is 19.7. The summed E-state index contributed by atoms with van der Waals surface area (Å²) in [6.45, 7) is 9.74. The molecule has 0 radical (unpaired) electrons. The minimum Gasteiger partial charge on any atom is -0.310 e. The maximum atomic E-state index is 2.59. The van der Waals surface area contributed by atoms with Crippen molar-refractivity contribution in [2.75, 3.05) is 4.90 Å². The van der Waals surface area contributed by atoms with Gasteiger partial charge in [-0.2, -0.15) is 0 Å². The zero-order chi connectivity index (χ0) is 41.8. The molecule has 62 heavy (non-hydrogen) atoms. The van der Waals surface area contributed by atoms with Crippen LogP contribution in [-0.4, -0.2) is 0 Å². The van der Waals surface area contributed by atoms with Crippen molar-refractivity contribution in [1.82, 2.24) is 0 Å². The van der Waals surface area contributed by atoms with Gasteiger partial charge in [-0.1, -0.05) is 167 Å². The van der Waals surface area contributed by atoms with Crippen LogP contribution in [0.1, 0.15) is 97.9 Å². The molecule has 0 fully saturated rings. The summed E-state index contributed by atoms with van der Waals surface area (Å²) in [6.07, 6.45) is 7.21. The second kappa shape index (κ2) is 13.8. The maximum Gasteiger partial charge on any atom is 0.0726 e. The minimum atomic E-state index is -0.443. The SMILES string of the molecule is CC1(C)CCC(C)(C)c2c(-c3ccc(-c4cc5c(cc4N(c4ccccc4)c4ccc6c(c4)CCCC6)C4(c6ccccc6-c6ccccc64)c4ccccc4-5)cc3)cccc21. The van der Waals surface area contributed by atoms with Gasteiger partial charge in [0.2, 0.25) is 0 Å². The van der Waals surface area contributed by atoms with Crippen molar-refractivity contribution in [3.63, 3.8) is 0 Å². The summed E-state index contributed by atoms with van der Waals surface area (Å²) in [5.41, 5.74) is 25.3. The zero-order valence-corrected chi connectivity index (χ0v) is 36.4. The van der Waals surface area contributed by atoms with E-state index in [1.165, 1.54) is 132 Å². The van der Waals surface area contributed by atoms with Crippen molar-refractivity contribution in [1.29, 1.82) is 0 Å². The molecule has 0 saturated carbocycles. The molecule has 1 heteroatoms. The fourth-order valence-electron chi connectivity index (χ4n) is 12.2. The van der Waals surface area contributed by atoms with E-state index in [0.717, 1.165) is 12.8 Å². The summed E-state index contributed by atoms with van der Waals surface area (Å²) in [6, 6.07) is 67.6. The van der Waals surface area contributed by atoms with Gasteiger partial charge in [-0.15, -0.1) is 0 Å². The van der Waals surface area contributed by atoms with E-state index in [4.69, 9.17) is 0 Å². The Kier molecular flexibility index (Phi) is 8.30. The smallest absolute Gasteiger partial charge is 0.0726 e. The van der Waals surface area contributed by atoms with Gasteiger partial charge in [0.25, 0.3) is 0 Å². The average Bonchev–Trinajstić information content (AvgIpc) is 3.77. The quantitative estimate of drug-likeness (QED) is 0.168. The van der Waals surface area contributed by atoms with Gasteiger partial charge in [0.15, 0.2) is 0 Å². The van der Waals surface area contributed by atoms with Gasteiger partial charge >= 0.3 is 0 Å². The number of hydrogen-bond acceptors (Lipinski definition) is 1. The Hall–Kier alpha value is -6.44. The van der Waals surface area contributed by atoms with E-state index >= 15 is 0 Å². The van der Waals surface area contributed by atoms with Gasteiger partial charge in [-0.3, -0.25) is 0 Å². The lowest BCUT2D eigenvalue weighted by molar-refractivity contribution is 0.333. The normalized spacial score (nSPS) is 16.7. The first-order chi connectivity index (χ1) is 30.2. The third-order valence-electron chi connectivity index (χ3n) is 15.3. The molecule has 302 valence electrons. The highest BCUT2D eigenvalue weighted by atomic mass is 15.1. The van der Waals surface area contributed by atoms with E-state index in [1.807, 2.05) is 0 Å². The van der Waals surface area contributed by atoms with Crippen LogP contribution in [0.25, 0.3) is 44.5 Å². The summed E-state index contributed by atoms with van der Waals surface area (Å²) in [4.78, 5) is 2.56.